The molecule has 1 aliphatic heterocycles. The van der Waals surface area contributed by atoms with Crippen LogP contribution in [-0.2, 0) is 6.42 Å². The van der Waals surface area contributed by atoms with Crippen molar-refractivity contribution in [2.24, 2.45) is 11.7 Å². The number of fused-ring (bicyclic) bond motifs is 1. The van der Waals surface area contributed by atoms with Crippen LogP contribution < -0.4 is 15.4 Å². The summed E-state index contributed by atoms with van der Waals surface area (Å²) in [7, 11) is 0. The topological polar surface area (TPSA) is 38.5 Å². The quantitative estimate of drug-likeness (QED) is 0.866. The summed E-state index contributed by atoms with van der Waals surface area (Å²) in [4.78, 5) is 2.42. The van der Waals surface area contributed by atoms with Crippen LogP contribution in [0.5, 0.6) is 5.75 Å². The van der Waals surface area contributed by atoms with Gasteiger partial charge in [-0.1, -0.05) is 19.9 Å². The monoisotopic (exact) mass is 234 g/mol. The van der Waals surface area contributed by atoms with Crippen LogP contribution in [-0.4, -0.2) is 26.2 Å². The van der Waals surface area contributed by atoms with E-state index in [0.717, 1.165) is 31.9 Å². The van der Waals surface area contributed by atoms with E-state index in [9.17, 15) is 0 Å². The van der Waals surface area contributed by atoms with Crippen molar-refractivity contribution < 1.29 is 4.74 Å². The van der Waals surface area contributed by atoms with Gasteiger partial charge >= 0.3 is 0 Å². The molecular weight excluding hydrogens is 212 g/mol. The maximum Gasteiger partial charge on any atom is 0.142 e. The Morgan fingerprint density at radius 2 is 2.24 bits per heavy atom. The number of benzene rings is 1. The first-order chi connectivity index (χ1) is 8.20. The number of nitrogens with zero attached hydrogens (tertiary/aromatic N) is 1. The summed E-state index contributed by atoms with van der Waals surface area (Å²) in [5, 5.41) is 0. The van der Waals surface area contributed by atoms with Crippen molar-refractivity contribution in [1.29, 1.82) is 0 Å². The van der Waals surface area contributed by atoms with Crippen molar-refractivity contribution in [1.82, 2.24) is 0 Å². The zero-order valence-corrected chi connectivity index (χ0v) is 10.8. The maximum absolute atomic E-state index is 5.70. The summed E-state index contributed by atoms with van der Waals surface area (Å²) in [6.07, 6.45) is 0.933. The van der Waals surface area contributed by atoms with E-state index in [1.165, 1.54) is 11.3 Å². The van der Waals surface area contributed by atoms with Crippen LogP contribution in [0.4, 0.5) is 5.69 Å². The number of anilines is 1. The van der Waals surface area contributed by atoms with Gasteiger partial charge in [-0.2, -0.15) is 0 Å². The van der Waals surface area contributed by atoms with Gasteiger partial charge in [0, 0.05) is 6.54 Å². The molecule has 1 heterocycles. The fourth-order valence-corrected chi connectivity index (χ4v) is 2.27. The van der Waals surface area contributed by atoms with Gasteiger partial charge in [0.05, 0.1) is 12.2 Å². The number of hydrogen-bond donors (Lipinski definition) is 1. The molecule has 0 aromatic heterocycles. The molecule has 94 valence electrons. The minimum Gasteiger partial charge on any atom is -0.490 e. The minimum atomic E-state index is 0.666. The van der Waals surface area contributed by atoms with E-state index >= 15 is 0 Å². The molecule has 0 bridgehead atoms. The van der Waals surface area contributed by atoms with Gasteiger partial charge < -0.3 is 15.4 Å². The molecule has 0 saturated heterocycles. The molecule has 17 heavy (non-hydrogen) atoms. The van der Waals surface area contributed by atoms with Gasteiger partial charge in [0.25, 0.3) is 0 Å². The van der Waals surface area contributed by atoms with Crippen LogP contribution in [0.1, 0.15) is 19.4 Å². The highest BCUT2D eigenvalue weighted by atomic mass is 16.5. The van der Waals surface area contributed by atoms with E-state index in [4.69, 9.17) is 10.5 Å². The van der Waals surface area contributed by atoms with E-state index in [2.05, 4.69) is 36.9 Å². The van der Waals surface area contributed by atoms with E-state index in [0.29, 0.717) is 12.5 Å². The van der Waals surface area contributed by atoms with Gasteiger partial charge in [-0.25, -0.2) is 0 Å². The second-order valence-corrected chi connectivity index (χ2v) is 5.03. The smallest absolute Gasteiger partial charge is 0.142 e. The molecule has 2 rings (SSSR count). The van der Waals surface area contributed by atoms with Gasteiger partial charge in [0.2, 0.25) is 0 Å². The summed E-state index contributed by atoms with van der Waals surface area (Å²) >= 11 is 0. The van der Waals surface area contributed by atoms with Crippen molar-refractivity contribution in [3.05, 3.63) is 23.8 Å². The van der Waals surface area contributed by atoms with Gasteiger partial charge in [0.1, 0.15) is 12.4 Å². The van der Waals surface area contributed by atoms with Crippen LogP contribution in [0, 0.1) is 5.92 Å². The number of ether oxygens (including phenoxy) is 1. The third-order valence-electron chi connectivity index (χ3n) is 3.00. The normalized spacial score (nSPS) is 14.7. The maximum atomic E-state index is 5.70. The molecule has 1 aromatic rings. The highest BCUT2D eigenvalue weighted by Crippen LogP contribution is 2.32. The first-order valence-electron chi connectivity index (χ1n) is 6.41. The van der Waals surface area contributed by atoms with Crippen molar-refractivity contribution in [3.8, 4) is 5.75 Å². The Bertz CT molecular complexity index is 376. The summed E-state index contributed by atoms with van der Waals surface area (Å²) in [6, 6.07) is 6.42. The molecule has 0 radical (unpaired) electrons. The Morgan fingerprint density at radius 1 is 1.41 bits per heavy atom. The Labute approximate surface area is 104 Å². The molecule has 1 aliphatic rings. The molecule has 2 N–H and O–H groups in total. The molecule has 3 nitrogen and oxygen atoms in total. The van der Waals surface area contributed by atoms with Crippen LogP contribution in [0.15, 0.2) is 18.2 Å². The Hall–Kier alpha value is -1.22. The van der Waals surface area contributed by atoms with Crippen molar-refractivity contribution in [2.75, 3.05) is 31.1 Å². The molecule has 0 saturated carbocycles. The Balaban J connectivity index is 2.24. The van der Waals surface area contributed by atoms with E-state index in [1.807, 2.05) is 0 Å². The van der Waals surface area contributed by atoms with Crippen molar-refractivity contribution >= 4 is 5.69 Å². The third kappa shape index (κ3) is 2.91. The average molecular weight is 234 g/mol. The Kier molecular flexibility index (Phi) is 3.89. The third-order valence-corrected chi connectivity index (χ3v) is 3.00. The summed E-state index contributed by atoms with van der Waals surface area (Å²) in [6.45, 7) is 8.05. The second kappa shape index (κ2) is 5.41. The lowest BCUT2D eigenvalue weighted by atomic mass is 10.1. The van der Waals surface area contributed by atoms with Gasteiger partial charge in [0.15, 0.2) is 0 Å². The molecule has 0 amide bonds. The predicted octanol–water partition coefficient (Wildman–Crippen LogP) is 2.04. The largest absolute Gasteiger partial charge is 0.490 e. The van der Waals surface area contributed by atoms with Gasteiger partial charge in [-0.15, -0.1) is 0 Å². The van der Waals surface area contributed by atoms with Crippen LogP contribution in [0.2, 0.25) is 0 Å². The van der Waals surface area contributed by atoms with E-state index < -0.39 is 0 Å². The Morgan fingerprint density at radius 3 is 2.94 bits per heavy atom. The zero-order valence-electron chi connectivity index (χ0n) is 10.8. The van der Waals surface area contributed by atoms with Gasteiger partial charge in [-0.05, 0) is 36.6 Å². The SMILES string of the molecule is CC(C)CN1CCOc2ccc(CCN)cc21. The zero-order chi connectivity index (χ0) is 12.3. The summed E-state index contributed by atoms with van der Waals surface area (Å²) in [5.41, 5.74) is 8.14. The van der Waals surface area contributed by atoms with E-state index in [1.54, 1.807) is 0 Å². The molecule has 0 unspecified atom stereocenters. The predicted molar refractivity (Wildman–Crippen MR) is 71.7 cm³/mol. The summed E-state index contributed by atoms with van der Waals surface area (Å²) in [5.74, 6) is 1.68. The van der Waals surface area contributed by atoms with Gasteiger partial charge in [-0.3, -0.25) is 0 Å². The lowest BCUT2D eigenvalue weighted by Gasteiger charge is -2.32. The number of nitrogens with two attached hydrogens (primary N) is 1. The standard InChI is InChI=1S/C14H22N2O/c1-11(2)10-16-7-8-17-14-4-3-12(5-6-15)9-13(14)16/h3-4,9,11H,5-8,10,15H2,1-2H3. The lowest BCUT2D eigenvalue weighted by Crippen LogP contribution is -2.35. The molecule has 3 heteroatoms. The fraction of sp³-hybridized carbons (Fsp3) is 0.571. The first-order valence-corrected chi connectivity index (χ1v) is 6.41. The molecule has 0 spiro atoms. The second-order valence-electron chi connectivity index (χ2n) is 5.03. The fourth-order valence-electron chi connectivity index (χ4n) is 2.27. The van der Waals surface area contributed by atoms with Crippen LogP contribution in [0.25, 0.3) is 0 Å². The van der Waals surface area contributed by atoms with Crippen LogP contribution >= 0.6 is 0 Å². The highest BCUT2D eigenvalue weighted by Gasteiger charge is 2.18. The molecule has 0 aliphatic carbocycles. The van der Waals surface area contributed by atoms with Crippen LogP contribution in [0.3, 0.4) is 0 Å². The number of hydrogen-bond acceptors (Lipinski definition) is 3. The van der Waals surface area contributed by atoms with Crippen molar-refractivity contribution in [2.45, 2.75) is 20.3 Å². The number of rotatable bonds is 4. The van der Waals surface area contributed by atoms with Crippen molar-refractivity contribution in [3.63, 3.8) is 0 Å². The molecule has 1 aromatic carbocycles. The molecule has 0 fully saturated rings. The lowest BCUT2D eigenvalue weighted by molar-refractivity contribution is 0.304. The molecule has 0 atom stereocenters. The van der Waals surface area contributed by atoms with E-state index in [-0.39, 0.29) is 0 Å². The molecular formula is C14H22N2O. The minimum absolute atomic E-state index is 0.666. The summed E-state index contributed by atoms with van der Waals surface area (Å²) < 4.78 is 5.70. The average Bonchev–Trinajstić information content (AvgIpc) is 2.29. The first kappa shape index (κ1) is 12.2. The highest BCUT2D eigenvalue weighted by molar-refractivity contribution is 5.61.